The minimum atomic E-state index is 0.596. The Hall–Kier alpha value is -1.02. The van der Waals surface area contributed by atoms with Gasteiger partial charge < -0.3 is 10.2 Å². The molecular formula is C14H22N2. The summed E-state index contributed by atoms with van der Waals surface area (Å²) in [6.45, 7) is 8.98. The zero-order valence-electron chi connectivity index (χ0n) is 10.7. The topological polar surface area (TPSA) is 15.3 Å². The van der Waals surface area contributed by atoms with Crippen LogP contribution in [0.1, 0.15) is 37.8 Å². The third kappa shape index (κ3) is 1.94. The third-order valence-electron chi connectivity index (χ3n) is 3.41. The van der Waals surface area contributed by atoms with Gasteiger partial charge in [-0.05, 0) is 38.1 Å². The Kier molecular flexibility index (Phi) is 3.20. The van der Waals surface area contributed by atoms with Crippen molar-refractivity contribution in [3.8, 4) is 0 Å². The first-order valence-corrected chi connectivity index (χ1v) is 6.17. The first kappa shape index (κ1) is 11.5. The molecule has 1 aromatic rings. The standard InChI is InChI=1S/C14H22N2/c1-10(2)16-9-11(3)13-7-12(8-15-4)5-6-14(13)16/h5-7,10-11,15H,8-9H2,1-4H3. The van der Waals surface area contributed by atoms with E-state index in [1.54, 1.807) is 0 Å². The molecule has 0 amide bonds. The molecule has 0 saturated carbocycles. The average Bonchev–Trinajstić information content (AvgIpc) is 2.57. The molecule has 2 nitrogen and oxygen atoms in total. The van der Waals surface area contributed by atoms with E-state index < -0.39 is 0 Å². The number of benzene rings is 1. The number of hydrogen-bond donors (Lipinski definition) is 1. The van der Waals surface area contributed by atoms with Crippen molar-refractivity contribution in [1.82, 2.24) is 5.32 Å². The van der Waals surface area contributed by atoms with E-state index in [9.17, 15) is 0 Å². The maximum Gasteiger partial charge on any atom is 0.0404 e. The van der Waals surface area contributed by atoms with Crippen molar-refractivity contribution in [2.75, 3.05) is 18.5 Å². The Balaban J connectivity index is 2.33. The zero-order valence-corrected chi connectivity index (χ0v) is 10.7. The summed E-state index contributed by atoms with van der Waals surface area (Å²) >= 11 is 0. The molecule has 0 saturated heterocycles. The fourth-order valence-electron chi connectivity index (χ4n) is 2.56. The van der Waals surface area contributed by atoms with Crippen LogP contribution in [0.25, 0.3) is 0 Å². The predicted octanol–water partition coefficient (Wildman–Crippen LogP) is 2.74. The van der Waals surface area contributed by atoms with Crippen molar-refractivity contribution >= 4 is 5.69 Å². The second-order valence-corrected chi connectivity index (χ2v) is 5.07. The molecule has 2 rings (SSSR count). The second-order valence-electron chi connectivity index (χ2n) is 5.07. The normalized spacial score (nSPS) is 19.3. The van der Waals surface area contributed by atoms with Crippen LogP contribution in [-0.2, 0) is 6.54 Å². The van der Waals surface area contributed by atoms with Crippen molar-refractivity contribution in [1.29, 1.82) is 0 Å². The zero-order chi connectivity index (χ0) is 11.7. The summed E-state index contributed by atoms with van der Waals surface area (Å²) in [6.07, 6.45) is 0. The van der Waals surface area contributed by atoms with Gasteiger partial charge in [-0.15, -0.1) is 0 Å². The lowest BCUT2D eigenvalue weighted by Crippen LogP contribution is -2.28. The van der Waals surface area contributed by atoms with Gasteiger partial charge in [0.2, 0.25) is 0 Å². The molecule has 1 aliphatic rings. The van der Waals surface area contributed by atoms with Crippen molar-refractivity contribution in [3.05, 3.63) is 29.3 Å². The number of anilines is 1. The fraction of sp³-hybridized carbons (Fsp3) is 0.571. The van der Waals surface area contributed by atoms with E-state index in [2.05, 4.69) is 49.2 Å². The molecule has 1 aromatic carbocycles. The SMILES string of the molecule is CNCc1ccc2c(c1)C(C)CN2C(C)C. The minimum absolute atomic E-state index is 0.596. The Morgan fingerprint density at radius 1 is 1.44 bits per heavy atom. The monoisotopic (exact) mass is 218 g/mol. The number of nitrogens with zero attached hydrogens (tertiary/aromatic N) is 1. The van der Waals surface area contributed by atoms with Crippen molar-refractivity contribution in [2.45, 2.75) is 39.3 Å². The van der Waals surface area contributed by atoms with Crippen LogP contribution in [0.15, 0.2) is 18.2 Å². The summed E-state index contributed by atoms with van der Waals surface area (Å²) in [7, 11) is 2.00. The van der Waals surface area contributed by atoms with Gasteiger partial charge in [0.05, 0.1) is 0 Å². The molecule has 0 aromatic heterocycles. The van der Waals surface area contributed by atoms with E-state index in [1.807, 2.05) is 7.05 Å². The van der Waals surface area contributed by atoms with E-state index in [-0.39, 0.29) is 0 Å². The summed E-state index contributed by atoms with van der Waals surface area (Å²) in [4.78, 5) is 2.50. The Morgan fingerprint density at radius 2 is 2.19 bits per heavy atom. The summed E-state index contributed by atoms with van der Waals surface area (Å²) < 4.78 is 0. The van der Waals surface area contributed by atoms with Crippen LogP contribution in [0.4, 0.5) is 5.69 Å². The van der Waals surface area contributed by atoms with E-state index in [0.29, 0.717) is 12.0 Å². The molecule has 0 bridgehead atoms. The first-order chi connectivity index (χ1) is 7.63. The van der Waals surface area contributed by atoms with Gasteiger partial charge >= 0.3 is 0 Å². The van der Waals surface area contributed by atoms with Gasteiger partial charge in [0.1, 0.15) is 0 Å². The van der Waals surface area contributed by atoms with Crippen molar-refractivity contribution in [3.63, 3.8) is 0 Å². The predicted molar refractivity (Wildman–Crippen MR) is 70.1 cm³/mol. The van der Waals surface area contributed by atoms with E-state index in [4.69, 9.17) is 0 Å². The van der Waals surface area contributed by atoms with E-state index >= 15 is 0 Å². The average molecular weight is 218 g/mol. The molecule has 0 fully saturated rings. The smallest absolute Gasteiger partial charge is 0.0404 e. The molecule has 0 radical (unpaired) electrons. The third-order valence-corrected chi connectivity index (χ3v) is 3.41. The first-order valence-electron chi connectivity index (χ1n) is 6.17. The highest BCUT2D eigenvalue weighted by Crippen LogP contribution is 2.37. The Bertz CT molecular complexity index is 371. The largest absolute Gasteiger partial charge is 0.368 e. The highest BCUT2D eigenvalue weighted by molar-refractivity contribution is 5.61. The van der Waals surface area contributed by atoms with Gasteiger partial charge in [-0.2, -0.15) is 0 Å². The lowest BCUT2D eigenvalue weighted by atomic mass is 10.0. The maximum absolute atomic E-state index is 3.21. The highest BCUT2D eigenvalue weighted by atomic mass is 15.2. The molecule has 16 heavy (non-hydrogen) atoms. The van der Waals surface area contributed by atoms with Crippen LogP contribution in [0.2, 0.25) is 0 Å². The Morgan fingerprint density at radius 3 is 2.81 bits per heavy atom. The minimum Gasteiger partial charge on any atom is -0.368 e. The van der Waals surface area contributed by atoms with Crippen LogP contribution in [0.3, 0.4) is 0 Å². The van der Waals surface area contributed by atoms with Gasteiger partial charge in [-0.25, -0.2) is 0 Å². The molecular weight excluding hydrogens is 196 g/mol. The number of nitrogens with one attached hydrogen (secondary N) is 1. The summed E-state index contributed by atoms with van der Waals surface area (Å²) in [5.74, 6) is 0.661. The van der Waals surface area contributed by atoms with Crippen LogP contribution in [-0.4, -0.2) is 19.6 Å². The molecule has 1 N–H and O–H groups in total. The molecule has 2 heteroatoms. The second kappa shape index (κ2) is 4.46. The molecule has 88 valence electrons. The van der Waals surface area contributed by atoms with E-state index in [1.165, 1.54) is 16.8 Å². The summed E-state index contributed by atoms with van der Waals surface area (Å²) in [5.41, 5.74) is 4.34. The Labute approximate surface area is 98.7 Å². The summed E-state index contributed by atoms with van der Waals surface area (Å²) in [6, 6.07) is 7.48. The van der Waals surface area contributed by atoms with Crippen molar-refractivity contribution in [2.24, 2.45) is 0 Å². The van der Waals surface area contributed by atoms with E-state index in [0.717, 1.165) is 13.1 Å². The number of fused-ring (bicyclic) bond motifs is 1. The number of hydrogen-bond acceptors (Lipinski definition) is 2. The maximum atomic E-state index is 3.21. The van der Waals surface area contributed by atoms with Gasteiger partial charge in [0, 0.05) is 30.7 Å². The van der Waals surface area contributed by atoms with Gasteiger partial charge in [0.15, 0.2) is 0 Å². The van der Waals surface area contributed by atoms with Crippen LogP contribution < -0.4 is 10.2 Å². The highest BCUT2D eigenvalue weighted by Gasteiger charge is 2.26. The molecule has 0 aliphatic carbocycles. The van der Waals surface area contributed by atoms with Gasteiger partial charge in [0.25, 0.3) is 0 Å². The fourth-order valence-corrected chi connectivity index (χ4v) is 2.56. The molecule has 1 atom stereocenters. The van der Waals surface area contributed by atoms with Gasteiger partial charge in [-0.3, -0.25) is 0 Å². The van der Waals surface area contributed by atoms with Gasteiger partial charge in [-0.1, -0.05) is 19.1 Å². The van der Waals surface area contributed by atoms with Crippen molar-refractivity contribution < 1.29 is 0 Å². The summed E-state index contributed by atoms with van der Waals surface area (Å²) in [5, 5.41) is 3.21. The molecule has 1 heterocycles. The quantitative estimate of drug-likeness (QED) is 0.839. The molecule has 1 aliphatic heterocycles. The van der Waals surface area contributed by atoms with Crippen LogP contribution in [0.5, 0.6) is 0 Å². The van der Waals surface area contributed by atoms with Crippen LogP contribution >= 0.6 is 0 Å². The number of rotatable bonds is 3. The molecule has 1 unspecified atom stereocenters. The molecule has 0 spiro atoms. The lowest BCUT2D eigenvalue weighted by Gasteiger charge is -2.24. The van der Waals surface area contributed by atoms with Crippen LogP contribution in [0, 0.1) is 0 Å². The lowest BCUT2D eigenvalue weighted by molar-refractivity contribution is 0.670.